The maximum Gasteiger partial charge on any atom is 0.188 e. The zero-order valence-corrected chi connectivity index (χ0v) is 11.4. The van der Waals surface area contributed by atoms with Crippen molar-refractivity contribution in [2.45, 2.75) is 39.2 Å². The molecule has 2 atom stereocenters. The molecule has 0 bridgehead atoms. The molecule has 6 heteroatoms. The summed E-state index contributed by atoms with van der Waals surface area (Å²) >= 11 is 0. The first-order valence-electron chi connectivity index (χ1n) is 6.61. The lowest BCUT2D eigenvalue weighted by Crippen LogP contribution is -2.38. The second kappa shape index (κ2) is 6.47. The predicted octanol–water partition coefficient (Wildman–Crippen LogP) is 0.586. The summed E-state index contributed by atoms with van der Waals surface area (Å²) in [5, 5.41) is 14.2. The Bertz CT molecular complexity index is 303. The summed E-state index contributed by atoms with van der Waals surface area (Å²) in [6.45, 7) is 7.19. The molecule has 0 aromatic carbocycles. The number of hydrogen-bond acceptors (Lipinski definition) is 2. The Morgan fingerprint density at radius 2 is 1.72 bits per heavy atom. The molecule has 6 N–H and O–H groups in total. The van der Waals surface area contributed by atoms with Gasteiger partial charge in [-0.1, -0.05) is 6.92 Å². The van der Waals surface area contributed by atoms with Crippen LogP contribution in [-0.2, 0) is 0 Å². The molecular formula is C12H26N6. The Balaban J connectivity index is 0.000000180. The van der Waals surface area contributed by atoms with Crippen LogP contribution < -0.4 is 11.5 Å². The summed E-state index contributed by atoms with van der Waals surface area (Å²) in [4.78, 5) is 3.84. The molecular weight excluding hydrogens is 228 g/mol. The lowest BCUT2D eigenvalue weighted by atomic mass is 10.2. The minimum Gasteiger partial charge on any atom is -0.370 e. The van der Waals surface area contributed by atoms with Gasteiger partial charge in [-0.3, -0.25) is 10.8 Å². The van der Waals surface area contributed by atoms with Gasteiger partial charge >= 0.3 is 0 Å². The van der Waals surface area contributed by atoms with Crippen LogP contribution in [0.2, 0.25) is 0 Å². The van der Waals surface area contributed by atoms with Crippen molar-refractivity contribution in [2.75, 3.05) is 19.6 Å². The van der Waals surface area contributed by atoms with Crippen molar-refractivity contribution in [2.24, 2.45) is 17.4 Å². The molecule has 0 unspecified atom stereocenters. The molecule has 2 rings (SSSR count). The molecule has 2 aliphatic heterocycles. The van der Waals surface area contributed by atoms with Crippen LogP contribution in [0, 0.1) is 16.7 Å². The lowest BCUT2D eigenvalue weighted by Gasteiger charge is -2.20. The van der Waals surface area contributed by atoms with Crippen molar-refractivity contribution in [3.63, 3.8) is 0 Å². The van der Waals surface area contributed by atoms with Gasteiger partial charge in [0.1, 0.15) is 0 Å². The fourth-order valence-corrected chi connectivity index (χ4v) is 2.44. The maximum absolute atomic E-state index is 7.13. The largest absolute Gasteiger partial charge is 0.370 e. The first-order chi connectivity index (χ1) is 8.41. The van der Waals surface area contributed by atoms with E-state index in [1.807, 2.05) is 9.80 Å². The van der Waals surface area contributed by atoms with E-state index in [1.54, 1.807) is 0 Å². The quantitative estimate of drug-likeness (QED) is 0.375. The summed E-state index contributed by atoms with van der Waals surface area (Å²) in [6.07, 6.45) is 3.54. The monoisotopic (exact) mass is 254 g/mol. The normalized spacial score (nSPS) is 26.8. The fraction of sp³-hybridized carbons (Fsp3) is 0.833. The van der Waals surface area contributed by atoms with Crippen molar-refractivity contribution in [3.05, 3.63) is 0 Å². The number of likely N-dealkylation sites (tertiary alicyclic amines) is 2. The zero-order valence-electron chi connectivity index (χ0n) is 11.4. The molecule has 2 saturated heterocycles. The Kier molecular flexibility index (Phi) is 5.25. The topological polar surface area (TPSA) is 106 Å². The first-order valence-corrected chi connectivity index (χ1v) is 6.61. The van der Waals surface area contributed by atoms with Gasteiger partial charge in [-0.25, -0.2) is 0 Å². The van der Waals surface area contributed by atoms with Crippen LogP contribution in [0.5, 0.6) is 0 Å². The summed E-state index contributed by atoms with van der Waals surface area (Å²) in [7, 11) is 0. The summed E-state index contributed by atoms with van der Waals surface area (Å²) in [5.74, 6) is 1.16. The maximum atomic E-state index is 7.13. The number of rotatable bonds is 0. The van der Waals surface area contributed by atoms with Gasteiger partial charge in [0, 0.05) is 25.7 Å². The van der Waals surface area contributed by atoms with Gasteiger partial charge in [-0.05, 0) is 32.1 Å². The molecule has 0 amide bonds. The molecule has 0 aromatic rings. The average Bonchev–Trinajstić information content (AvgIpc) is 2.87. The third-order valence-corrected chi connectivity index (χ3v) is 3.63. The van der Waals surface area contributed by atoms with E-state index >= 15 is 0 Å². The third kappa shape index (κ3) is 4.09. The predicted molar refractivity (Wildman–Crippen MR) is 74.6 cm³/mol. The Labute approximate surface area is 109 Å². The van der Waals surface area contributed by atoms with Crippen LogP contribution in [0.3, 0.4) is 0 Å². The van der Waals surface area contributed by atoms with E-state index in [0.717, 1.165) is 19.6 Å². The summed E-state index contributed by atoms with van der Waals surface area (Å²) < 4.78 is 0. The van der Waals surface area contributed by atoms with Crippen LogP contribution in [0.15, 0.2) is 0 Å². The smallest absolute Gasteiger partial charge is 0.188 e. The number of hydrogen-bond donors (Lipinski definition) is 4. The van der Waals surface area contributed by atoms with Crippen LogP contribution in [0.4, 0.5) is 0 Å². The van der Waals surface area contributed by atoms with E-state index in [2.05, 4.69) is 13.8 Å². The van der Waals surface area contributed by atoms with Crippen molar-refractivity contribution >= 4 is 11.9 Å². The minimum atomic E-state index is 0.222. The van der Waals surface area contributed by atoms with Crippen LogP contribution in [0.25, 0.3) is 0 Å². The number of nitrogens with one attached hydrogen (secondary N) is 2. The van der Waals surface area contributed by atoms with Gasteiger partial charge in [0.15, 0.2) is 11.9 Å². The Morgan fingerprint density at radius 3 is 1.94 bits per heavy atom. The van der Waals surface area contributed by atoms with Crippen molar-refractivity contribution in [1.82, 2.24) is 9.80 Å². The SMILES string of the molecule is C[C@@H]1CCN(C(=N)N)C1.C[C@H]1CCCN1C(=N)N. The van der Waals surface area contributed by atoms with Gasteiger partial charge in [-0.2, -0.15) is 0 Å². The Hall–Kier alpha value is -1.46. The Morgan fingerprint density at radius 1 is 1.06 bits per heavy atom. The molecule has 2 heterocycles. The molecule has 0 spiro atoms. The number of guanidine groups is 2. The highest BCUT2D eigenvalue weighted by Crippen LogP contribution is 2.14. The zero-order chi connectivity index (χ0) is 13.7. The molecule has 6 nitrogen and oxygen atoms in total. The van der Waals surface area contributed by atoms with Crippen LogP contribution in [0.1, 0.15) is 33.1 Å². The third-order valence-electron chi connectivity index (χ3n) is 3.63. The molecule has 2 fully saturated rings. The molecule has 2 aliphatic rings. The summed E-state index contributed by atoms with van der Waals surface area (Å²) in [6, 6.07) is 0.488. The van der Waals surface area contributed by atoms with E-state index in [-0.39, 0.29) is 11.9 Å². The standard InChI is InChI=1S/2C6H13N3/c1-5-2-3-9(4-5)6(7)8;1-5-3-2-4-9(5)6(7)8/h2*5H,2-4H2,1H3,(H3,7,8)/t2*5-/m10/s1. The van der Waals surface area contributed by atoms with E-state index < -0.39 is 0 Å². The molecule has 0 aliphatic carbocycles. The molecule has 0 saturated carbocycles. The van der Waals surface area contributed by atoms with E-state index in [0.29, 0.717) is 12.0 Å². The molecule has 0 aromatic heterocycles. The van der Waals surface area contributed by atoms with Gasteiger partial charge in [0.2, 0.25) is 0 Å². The highest BCUT2D eigenvalue weighted by Gasteiger charge is 2.20. The second-order valence-electron chi connectivity index (χ2n) is 5.29. The molecule has 104 valence electrons. The van der Waals surface area contributed by atoms with Gasteiger partial charge in [0.25, 0.3) is 0 Å². The van der Waals surface area contributed by atoms with E-state index in [1.165, 1.54) is 19.3 Å². The van der Waals surface area contributed by atoms with Gasteiger partial charge in [0.05, 0.1) is 0 Å². The number of nitrogens with two attached hydrogens (primary N) is 2. The fourth-order valence-electron chi connectivity index (χ4n) is 2.44. The van der Waals surface area contributed by atoms with E-state index in [9.17, 15) is 0 Å². The lowest BCUT2D eigenvalue weighted by molar-refractivity contribution is 0.408. The molecule has 18 heavy (non-hydrogen) atoms. The van der Waals surface area contributed by atoms with Crippen molar-refractivity contribution in [3.8, 4) is 0 Å². The molecule has 0 radical (unpaired) electrons. The first kappa shape index (κ1) is 14.6. The van der Waals surface area contributed by atoms with E-state index in [4.69, 9.17) is 22.3 Å². The number of nitrogens with zero attached hydrogens (tertiary/aromatic N) is 2. The minimum absolute atomic E-state index is 0.222. The van der Waals surface area contributed by atoms with Gasteiger partial charge < -0.3 is 21.3 Å². The van der Waals surface area contributed by atoms with Gasteiger partial charge in [-0.15, -0.1) is 0 Å². The van der Waals surface area contributed by atoms with Crippen molar-refractivity contribution in [1.29, 1.82) is 10.8 Å². The highest BCUT2D eigenvalue weighted by molar-refractivity contribution is 5.75. The van der Waals surface area contributed by atoms with Crippen LogP contribution in [-0.4, -0.2) is 47.4 Å². The van der Waals surface area contributed by atoms with Crippen LogP contribution >= 0.6 is 0 Å². The van der Waals surface area contributed by atoms with Crippen molar-refractivity contribution < 1.29 is 0 Å². The summed E-state index contributed by atoms with van der Waals surface area (Å²) in [5.41, 5.74) is 10.6. The second-order valence-corrected chi connectivity index (χ2v) is 5.29. The highest BCUT2D eigenvalue weighted by atomic mass is 15.3. The average molecular weight is 254 g/mol.